The fourth-order valence-electron chi connectivity index (χ4n) is 9.89. The molecule has 1 aromatic rings. The van der Waals surface area contributed by atoms with Gasteiger partial charge in [0.1, 0.15) is 0 Å². The van der Waals surface area contributed by atoms with Gasteiger partial charge in [-0.15, -0.1) is 0 Å². The van der Waals surface area contributed by atoms with E-state index in [-0.39, 0.29) is 48.6 Å². The highest BCUT2D eigenvalue weighted by Crippen LogP contribution is 2.20. The minimum absolute atomic E-state index is 0.0518. The van der Waals surface area contributed by atoms with Crippen LogP contribution in [0.25, 0.3) is 0 Å². The van der Waals surface area contributed by atoms with Crippen molar-refractivity contribution in [3.63, 3.8) is 0 Å². The second-order valence-electron chi connectivity index (χ2n) is 21.0. The Morgan fingerprint density at radius 3 is 1.22 bits per heavy atom. The third kappa shape index (κ3) is 37.7. The Morgan fingerprint density at radius 2 is 0.855 bits per heavy atom. The highest BCUT2D eigenvalue weighted by atomic mass is 32.2. The molecule has 69 heavy (non-hydrogen) atoms. The monoisotopic (exact) mass is 990 g/mol. The van der Waals surface area contributed by atoms with Crippen molar-refractivity contribution in [1.29, 1.82) is 0 Å². The van der Waals surface area contributed by atoms with E-state index < -0.39 is 16.2 Å². The van der Waals surface area contributed by atoms with Crippen molar-refractivity contribution in [1.82, 2.24) is 0 Å². The average Bonchev–Trinajstić information content (AvgIpc) is 3.33. The Balaban J connectivity index is 1.74. The molecule has 3 N–H and O–H groups in total. The summed E-state index contributed by atoms with van der Waals surface area (Å²) in [5, 5.41) is 0. The van der Waals surface area contributed by atoms with Crippen LogP contribution in [0.4, 0.5) is 0 Å². The average molecular weight is 991 g/mol. The minimum Gasteiger partial charge on any atom is -0.381 e. The van der Waals surface area contributed by atoms with Crippen molar-refractivity contribution in [2.75, 3.05) is 19.8 Å². The molecule has 3 atom stereocenters. The summed E-state index contributed by atoms with van der Waals surface area (Å²) in [6, 6.07) is 6.00. The standard InChI is InChI=1S/C59H107NO8S/c1-2-55-51-58(62)59(68-52-53-43-45-56(46-44-53)69(63,64)65)57(61)47-50-66-48-39-35-31-27-23-19-15-11-7-3-5-9-13-17-21-25-29-33-37-41-54(60)42-38-34-30-26-22-18-14-10-6-4-8-12-16-20-24-28-32-36-40-49-67-55/h43-46,54-55,59H,2-42,47-52,60H2,1H3,(H,63,64,65). The smallest absolute Gasteiger partial charge is 0.294 e. The quantitative estimate of drug-likeness (QED) is 0.218. The first-order valence-electron chi connectivity index (χ1n) is 29.4. The summed E-state index contributed by atoms with van der Waals surface area (Å²) in [6.45, 7) is 3.36. The van der Waals surface area contributed by atoms with Gasteiger partial charge in [0.2, 0.25) is 0 Å². The van der Waals surface area contributed by atoms with Crippen molar-refractivity contribution in [3.8, 4) is 0 Å². The molecule has 1 heterocycles. The van der Waals surface area contributed by atoms with Crippen molar-refractivity contribution in [2.45, 2.75) is 313 Å². The predicted molar refractivity (Wildman–Crippen MR) is 288 cm³/mol. The molecule has 0 saturated carbocycles. The van der Waals surface area contributed by atoms with Gasteiger partial charge in [-0.1, -0.05) is 250 Å². The molecule has 1 aromatic carbocycles. The summed E-state index contributed by atoms with van der Waals surface area (Å²) >= 11 is 0. The Morgan fingerprint density at radius 1 is 0.507 bits per heavy atom. The summed E-state index contributed by atoms with van der Waals surface area (Å²) < 4.78 is 50.3. The number of hydrogen-bond acceptors (Lipinski definition) is 8. The van der Waals surface area contributed by atoms with Gasteiger partial charge in [0.15, 0.2) is 17.7 Å². The number of hydrogen-bond donors (Lipinski definition) is 2. The highest BCUT2D eigenvalue weighted by molar-refractivity contribution is 7.85. The zero-order valence-electron chi connectivity index (χ0n) is 44.6. The zero-order valence-corrected chi connectivity index (χ0v) is 45.4. The van der Waals surface area contributed by atoms with Gasteiger partial charge >= 0.3 is 0 Å². The molecule has 0 amide bonds. The Bertz CT molecular complexity index is 1440. The topological polar surface area (TPSA) is 142 Å². The van der Waals surface area contributed by atoms with E-state index in [0.29, 0.717) is 31.2 Å². The Kier molecular flexibility index (Phi) is 41.3. The lowest BCUT2D eigenvalue weighted by Gasteiger charge is -2.20. The number of nitrogens with two attached hydrogens (primary N) is 1. The van der Waals surface area contributed by atoms with E-state index in [1.807, 2.05) is 6.92 Å². The summed E-state index contributed by atoms with van der Waals surface area (Å²) in [4.78, 5) is 26.9. The highest BCUT2D eigenvalue weighted by Gasteiger charge is 2.29. The van der Waals surface area contributed by atoms with Crippen LogP contribution in [0.2, 0.25) is 0 Å². The first-order valence-corrected chi connectivity index (χ1v) is 30.8. The van der Waals surface area contributed by atoms with Crippen molar-refractivity contribution in [2.24, 2.45) is 5.73 Å². The molecule has 0 aromatic heterocycles. The van der Waals surface area contributed by atoms with E-state index in [1.165, 1.54) is 255 Å². The van der Waals surface area contributed by atoms with Gasteiger partial charge in [0.05, 0.1) is 24.2 Å². The van der Waals surface area contributed by atoms with E-state index in [2.05, 4.69) is 0 Å². The van der Waals surface area contributed by atoms with Crippen molar-refractivity contribution in [3.05, 3.63) is 29.8 Å². The van der Waals surface area contributed by atoms with Crippen LogP contribution in [0.5, 0.6) is 0 Å². The molecular weight excluding hydrogens is 883 g/mol. The van der Waals surface area contributed by atoms with Crippen LogP contribution in [-0.4, -0.2) is 62.6 Å². The number of carbonyl (C=O) groups excluding carboxylic acids is 2. The number of benzene rings is 1. The normalized spacial score (nSPS) is 24.5. The summed E-state index contributed by atoms with van der Waals surface area (Å²) in [7, 11) is -4.33. The molecule has 1 fully saturated rings. The molecule has 3 unspecified atom stereocenters. The summed E-state index contributed by atoms with van der Waals surface area (Å²) in [6.07, 6.45) is 51.9. The van der Waals surface area contributed by atoms with E-state index in [4.69, 9.17) is 19.9 Å². The predicted octanol–water partition coefficient (Wildman–Crippen LogP) is 16.5. The molecule has 0 bridgehead atoms. The summed E-state index contributed by atoms with van der Waals surface area (Å²) in [5.74, 6) is -0.628. The fraction of sp³-hybridized carbons (Fsp3) is 0.864. The lowest BCUT2D eigenvalue weighted by Crippen LogP contribution is -2.36. The number of Topliss-reactive ketones (excluding diaryl/α,β-unsaturated/α-hetero) is 2. The maximum Gasteiger partial charge on any atom is 0.294 e. The molecule has 402 valence electrons. The molecule has 0 aliphatic carbocycles. The third-order valence-electron chi connectivity index (χ3n) is 14.5. The SMILES string of the molecule is CCC1CC(=O)C(OCc2ccc(S(=O)(=O)O)cc2)C(=O)CCOCCCCCCCCCCCCCCCCCCCCCC(N)CCCCCCCCCCCCCCCCCCCCCO1. The second kappa shape index (κ2) is 45.0. The Labute approximate surface area is 424 Å². The molecule has 1 aliphatic rings. The zero-order chi connectivity index (χ0) is 49.7. The van der Waals surface area contributed by atoms with E-state index in [9.17, 15) is 22.6 Å². The molecular formula is C59H107NO8S. The van der Waals surface area contributed by atoms with E-state index in [0.717, 1.165) is 25.7 Å². The summed E-state index contributed by atoms with van der Waals surface area (Å²) in [5.41, 5.74) is 7.05. The van der Waals surface area contributed by atoms with Crippen LogP contribution in [0.3, 0.4) is 0 Å². The van der Waals surface area contributed by atoms with Crippen LogP contribution in [-0.2, 0) is 40.5 Å². The van der Waals surface area contributed by atoms with E-state index >= 15 is 0 Å². The number of ether oxygens (including phenoxy) is 3. The lowest BCUT2D eigenvalue weighted by atomic mass is 10.00. The first kappa shape index (κ1) is 63.4. The van der Waals surface area contributed by atoms with Crippen LogP contribution in [0, 0.1) is 0 Å². The van der Waals surface area contributed by atoms with Gasteiger partial charge in [-0.25, -0.2) is 0 Å². The number of ketones is 2. The second-order valence-corrected chi connectivity index (χ2v) is 22.4. The molecule has 9 nitrogen and oxygen atoms in total. The van der Waals surface area contributed by atoms with Gasteiger partial charge in [0.25, 0.3) is 10.1 Å². The molecule has 2 rings (SSSR count). The van der Waals surface area contributed by atoms with Crippen LogP contribution >= 0.6 is 0 Å². The first-order chi connectivity index (χ1) is 33.7. The molecule has 1 aliphatic heterocycles. The van der Waals surface area contributed by atoms with Gasteiger partial charge in [-0.3, -0.25) is 14.1 Å². The maximum atomic E-state index is 13.6. The Hall–Kier alpha value is -1.69. The third-order valence-corrected chi connectivity index (χ3v) is 15.4. The van der Waals surface area contributed by atoms with Crippen LogP contribution in [0.1, 0.15) is 289 Å². The molecule has 0 spiro atoms. The largest absolute Gasteiger partial charge is 0.381 e. The number of carbonyl (C=O) groups is 2. The van der Waals surface area contributed by atoms with Crippen molar-refractivity contribution >= 4 is 21.7 Å². The van der Waals surface area contributed by atoms with Gasteiger partial charge < -0.3 is 19.9 Å². The van der Waals surface area contributed by atoms with E-state index in [1.54, 1.807) is 0 Å². The number of rotatable bonds is 5. The van der Waals surface area contributed by atoms with Gasteiger partial charge in [-0.2, -0.15) is 8.42 Å². The molecule has 0 radical (unpaired) electrons. The van der Waals surface area contributed by atoms with Crippen LogP contribution in [0.15, 0.2) is 29.2 Å². The van der Waals surface area contributed by atoms with Crippen molar-refractivity contribution < 1.29 is 36.8 Å². The minimum atomic E-state index is -4.33. The van der Waals surface area contributed by atoms with Gasteiger partial charge in [-0.05, 0) is 49.8 Å². The van der Waals surface area contributed by atoms with Gasteiger partial charge in [0, 0.05) is 32.1 Å². The maximum absolute atomic E-state index is 13.6. The molecule has 10 heteroatoms. The fourth-order valence-corrected chi connectivity index (χ4v) is 10.4. The van der Waals surface area contributed by atoms with Crippen LogP contribution < -0.4 is 5.73 Å². The molecule has 1 saturated heterocycles. The lowest BCUT2D eigenvalue weighted by molar-refractivity contribution is -0.146.